The number of aromatic nitrogens is 15. The van der Waals surface area contributed by atoms with Gasteiger partial charge in [0.2, 0.25) is 17.8 Å². The summed E-state index contributed by atoms with van der Waals surface area (Å²) in [6.07, 6.45) is 6.64. The standard InChI is InChI=1S/C22H24F2N6O.C15H11ClF2N4.C8H6F2N4O.C8H6F2N4.C7H6BrCl.C7H14N2O.C6H5BF2O2.C2H4N4O.2H2O/c1-15-6-18(11-19(7-15)29-12-21(13-29)28-2-4-31-5-3-28)26-22-25-14-30(27-22)20-9-16(23)8-17(24)10-20;1-9-2-10(16)4-13(3-9)20-15-19-8-22(21-15)14-6-11(17)5-12(18)7-14;9-5-1-6(10)3-7(2-5)14-4-11-8(12-14)13-15;9-5-1-6(10)3-7(2-5)14-4-12-8(11)13-14;1-5-2-6(8)4-7(9)3-5;1-3-10-4-2-9(1)7-5-8-6-7;8-5-1-4(7(10)11)2-6(9)3-5;7-6-2-3-1-4-5-2;;/h6-11,14,21H,2-5,12-13H2,1H3,(H,26,27);2-8H,1H3,(H,20,21);1-4,15H,(H,12,13);1-4H,(H2,11,13);2-4H,1H3;7-8H,1-6H2;1-3,10-11H;1,7H,(H2,3,4,5,6);2*1H2/p+2. The van der Waals surface area contributed by atoms with Crippen LogP contribution in [0.4, 0.5) is 90.7 Å². The number of nitrogen functional groups attached to an aromatic ring is 1. The molecular formula is C75H82BBrCl2F10N24O8+2. The van der Waals surface area contributed by atoms with E-state index in [1.165, 1.54) is 88.6 Å². The van der Waals surface area contributed by atoms with E-state index in [0.29, 0.717) is 40.5 Å². The van der Waals surface area contributed by atoms with Crippen molar-refractivity contribution in [2.45, 2.75) is 32.9 Å². The SMILES string of the molecule is C1CN(C2CNC2)CCO1.Cc1cc(Cl)cc(Br)c1.Cc1cc(Cl)cc(Nc2ncn(-c3cc(F)cc(F)c3)n2)c1.Cc1cc(Nc2ncn(-c3cc(F)cc(F)c3)n2)cc(N2CC(N3CCOCC3)C2)c1.Nc1ncn(-c2cc(F)cc(F)c2)n1.O.O.OB(O)c1cc(F)cc(F)c1.O[NH2+]c1ncn(-c2cc(F)cc(F)c2)n1.O[NH2+]c1ncn[nH]1. The number of hydrogen-bond donors (Lipinski definition) is 11. The highest BCUT2D eigenvalue weighted by molar-refractivity contribution is 9.10. The van der Waals surface area contributed by atoms with Gasteiger partial charge in [-0.15, -0.1) is 26.3 Å². The number of nitrogens with zero attached hydrogens (tertiary/aromatic N) is 17. The summed E-state index contributed by atoms with van der Waals surface area (Å²) in [5.41, 5.74) is 13.6. The fourth-order valence-corrected chi connectivity index (χ4v) is 12.8. The zero-order valence-corrected chi connectivity index (χ0v) is 67.4. The highest BCUT2D eigenvalue weighted by atomic mass is 79.9. The summed E-state index contributed by atoms with van der Waals surface area (Å²) in [7, 11) is -1.83. The molecule has 4 saturated heterocycles. The highest BCUT2D eigenvalue weighted by Crippen LogP contribution is 2.30. The van der Waals surface area contributed by atoms with Crippen molar-refractivity contribution in [3.8, 4) is 22.7 Å². The largest absolute Gasteiger partial charge is 0.488 e. The van der Waals surface area contributed by atoms with Gasteiger partial charge in [-0.25, -0.2) is 83.1 Å². The number of anilines is 6. The number of aromatic amines is 1. The topological polar surface area (TPSA) is 432 Å². The van der Waals surface area contributed by atoms with Crippen LogP contribution in [-0.4, -0.2) is 213 Å². The van der Waals surface area contributed by atoms with Gasteiger partial charge in [-0.05, 0) is 158 Å². The Kier molecular flexibility index (Phi) is 36.4. The molecule has 121 heavy (non-hydrogen) atoms. The molecule has 4 aliphatic heterocycles. The highest BCUT2D eigenvalue weighted by Gasteiger charge is 2.33. The van der Waals surface area contributed by atoms with Gasteiger partial charge in [0, 0.05) is 126 Å². The Morgan fingerprint density at radius 1 is 0.463 bits per heavy atom. The number of nitrogens with one attached hydrogen (secondary N) is 4. The number of halogens is 13. The Hall–Kier alpha value is -11.4. The first kappa shape index (κ1) is 95.0. The van der Waals surface area contributed by atoms with Crippen LogP contribution < -0.4 is 43.0 Å². The second kappa shape index (κ2) is 46.4. The van der Waals surface area contributed by atoms with E-state index in [1.807, 2.05) is 50.2 Å². The molecular weight excluding hydrogens is 1720 g/mol. The number of hydrogen-bond acceptors (Lipinski definition) is 23. The molecule has 17 rings (SSSR count). The van der Waals surface area contributed by atoms with E-state index >= 15 is 0 Å². The average molecular weight is 1800 g/mol. The Balaban J connectivity index is 0.000000180. The first-order valence-corrected chi connectivity index (χ1v) is 37.4. The van der Waals surface area contributed by atoms with Crippen LogP contribution >= 0.6 is 39.1 Å². The Morgan fingerprint density at radius 3 is 1.22 bits per heavy atom. The van der Waals surface area contributed by atoms with Crippen molar-refractivity contribution in [1.82, 2.24) is 89.4 Å². The summed E-state index contributed by atoms with van der Waals surface area (Å²) in [4.78, 5) is 26.5. The maximum Gasteiger partial charge on any atom is 0.488 e. The number of rotatable bonds is 14. The average Bonchev–Trinajstić information content (AvgIpc) is 0.990. The third-order valence-corrected chi connectivity index (χ3v) is 17.9. The minimum absolute atomic E-state index is 0. The number of H-pyrrole nitrogens is 1. The molecule has 32 nitrogen and oxygen atoms in total. The van der Waals surface area contributed by atoms with Gasteiger partial charge < -0.3 is 57.1 Å². The molecule has 0 amide bonds. The van der Waals surface area contributed by atoms with E-state index in [2.05, 4.69) is 121 Å². The predicted octanol–water partition coefficient (Wildman–Crippen LogP) is 7.71. The molecule has 0 atom stereocenters. The van der Waals surface area contributed by atoms with E-state index in [-0.39, 0.29) is 51.1 Å². The van der Waals surface area contributed by atoms with Gasteiger partial charge in [0.1, 0.15) is 89.8 Å². The summed E-state index contributed by atoms with van der Waals surface area (Å²) < 4.78 is 146. The Bertz CT molecular complexity index is 5260. The van der Waals surface area contributed by atoms with E-state index in [0.717, 1.165) is 180 Å². The smallest absolute Gasteiger partial charge is 0.423 e. The van der Waals surface area contributed by atoms with E-state index < -0.39 is 65.3 Å². The van der Waals surface area contributed by atoms with Crippen molar-refractivity contribution in [3.05, 3.63) is 267 Å². The van der Waals surface area contributed by atoms with Crippen LogP contribution in [0.5, 0.6) is 0 Å². The lowest BCUT2D eigenvalue weighted by atomic mass is 9.80. The zero-order chi connectivity index (χ0) is 85.2. The molecule has 13 aromatic rings. The predicted molar refractivity (Wildman–Crippen MR) is 431 cm³/mol. The lowest BCUT2D eigenvalue weighted by Gasteiger charge is -2.47. The molecule has 9 heterocycles. The molecule has 0 saturated carbocycles. The van der Waals surface area contributed by atoms with Crippen LogP contribution in [0.3, 0.4) is 0 Å². The molecule has 4 aliphatic rings. The monoisotopic (exact) mass is 1800 g/mol. The van der Waals surface area contributed by atoms with Gasteiger partial charge in [-0.1, -0.05) is 44.2 Å². The second-order valence-corrected chi connectivity index (χ2v) is 28.1. The van der Waals surface area contributed by atoms with Crippen LogP contribution in [0.25, 0.3) is 22.7 Å². The fraction of sp³-hybridized carbons (Fsp3) is 0.227. The fourth-order valence-electron chi connectivity index (χ4n) is 11.5. The lowest BCUT2D eigenvalue weighted by Crippen LogP contribution is -2.74. The van der Waals surface area contributed by atoms with E-state index in [9.17, 15) is 43.9 Å². The van der Waals surface area contributed by atoms with Crippen molar-refractivity contribution in [2.24, 2.45) is 0 Å². The normalized spacial score (nSPS) is 13.6. The van der Waals surface area contributed by atoms with Crippen molar-refractivity contribution < 1.29 is 95.8 Å². The molecule has 0 aliphatic carbocycles. The van der Waals surface area contributed by atoms with Crippen LogP contribution in [0, 0.1) is 78.9 Å². The Labute approximate surface area is 702 Å². The molecule has 0 unspecified atom stereocenters. The quantitative estimate of drug-likeness (QED) is 0.0282. The minimum Gasteiger partial charge on any atom is -0.423 e. The van der Waals surface area contributed by atoms with Gasteiger partial charge in [0.15, 0.2) is 0 Å². The zero-order valence-electron chi connectivity index (χ0n) is 64.3. The number of benzene rings is 8. The number of quaternary nitrogens is 2. The number of morpholine rings is 2. The third-order valence-electron chi connectivity index (χ3n) is 17.0. The first-order chi connectivity index (χ1) is 57.0. The van der Waals surface area contributed by atoms with Crippen molar-refractivity contribution in [2.75, 3.05) is 100 Å². The molecule has 5 aromatic heterocycles. The van der Waals surface area contributed by atoms with Crippen molar-refractivity contribution in [3.63, 3.8) is 0 Å². The maximum atomic E-state index is 13.5. The summed E-state index contributed by atoms with van der Waals surface area (Å²) >= 11 is 15.0. The van der Waals surface area contributed by atoms with E-state index in [4.69, 9.17) is 58.9 Å². The van der Waals surface area contributed by atoms with E-state index in [1.54, 1.807) is 6.07 Å². The van der Waals surface area contributed by atoms with Gasteiger partial charge in [-0.2, -0.15) is 25.0 Å². The van der Waals surface area contributed by atoms with Gasteiger partial charge in [0.25, 0.3) is 0 Å². The summed E-state index contributed by atoms with van der Waals surface area (Å²) in [5.74, 6) is -5.91. The first-order valence-electron chi connectivity index (χ1n) is 35.9. The maximum absolute atomic E-state index is 13.5. The van der Waals surface area contributed by atoms with Gasteiger partial charge >= 0.3 is 19.0 Å². The molecule has 46 heteroatoms. The third kappa shape index (κ3) is 30.3. The number of nitrogens with two attached hydrogens (primary N) is 3. The summed E-state index contributed by atoms with van der Waals surface area (Å²) in [5, 5.41) is 66.4. The summed E-state index contributed by atoms with van der Waals surface area (Å²) in [6.45, 7) is 18.1. The molecule has 18 N–H and O–H groups in total. The van der Waals surface area contributed by atoms with Gasteiger partial charge in [-0.3, -0.25) is 9.80 Å². The van der Waals surface area contributed by atoms with Crippen LogP contribution in [-0.2, 0) is 9.47 Å². The van der Waals surface area contributed by atoms with Crippen LogP contribution in [0.1, 0.15) is 16.7 Å². The number of ether oxygens (including phenoxy) is 2. The molecule has 0 radical (unpaired) electrons. The summed E-state index contributed by atoms with van der Waals surface area (Å²) in [6, 6.07) is 33.7. The number of aryl methyl sites for hydroxylation is 3. The van der Waals surface area contributed by atoms with Crippen LogP contribution in [0.2, 0.25) is 10.0 Å². The molecule has 4 fully saturated rings. The molecule has 0 bridgehead atoms. The van der Waals surface area contributed by atoms with Crippen molar-refractivity contribution >= 4 is 98.5 Å². The molecule has 8 aromatic carbocycles. The minimum atomic E-state index is -1.83. The van der Waals surface area contributed by atoms with Gasteiger partial charge in [0.05, 0.1) is 49.2 Å². The lowest BCUT2D eigenvalue weighted by molar-refractivity contribution is -0.830. The Morgan fingerprint density at radius 2 is 0.860 bits per heavy atom. The second-order valence-electron chi connectivity index (χ2n) is 26.3. The van der Waals surface area contributed by atoms with Crippen molar-refractivity contribution in [1.29, 1.82) is 0 Å². The molecule has 0 spiro atoms. The molecule has 642 valence electrons. The van der Waals surface area contributed by atoms with Crippen LogP contribution in [0.15, 0.2) is 182 Å².